The van der Waals surface area contributed by atoms with E-state index in [0.29, 0.717) is 12.8 Å². The van der Waals surface area contributed by atoms with E-state index < -0.39 is 101 Å². The Morgan fingerprint density at radius 3 is 2.08 bits per heavy atom. The first-order valence-corrected chi connectivity index (χ1v) is 22.2. The number of aryl methyl sites for hydroxylation is 2. The Hall–Kier alpha value is -5.56. The van der Waals surface area contributed by atoms with Crippen molar-refractivity contribution in [2.75, 3.05) is 32.2 Å². The Labute approximate surface area is 358 Å². The molecule has 0 unspecified atom stereocenters. The summed E-state index contributed by atoms with van der Waals surface area (Å²) in [5, 5.41) is 45.3. The number of carboxylic acid groups (broad SMARTS) is 1. The van der Waals surface area contributed by atoms with E-state index in [-0.39, 0.29) is 63.0 Å². The van der Waals surface area contributed by atoms with Crippen molar-refractivity contribution in [1.82, 2.24) is 36.8 Å². The fourth-order valence-corrected chi connectivity index (χ4v) is 7.31. The lowest BCUT2D eigenvalue weighted by Gasteiger charge is -2.32. The van der Waals surface area contributed by atoms with Crippen LogP contribution in [0.5, 0.6) is 5.75 Å². The number of aliphatic hydroxyl groups excluding tert-OH is 1. The molecule has 61 heavy (non-hydrogen) atoms. The van der Waals surface area contributed by atoms with Gasteiger partial charge in [-0.05, 0) is 80.5 Å². The summed E-state index contributed by atoms with van der Waals surface area (Å²) in [6, 6.07) is 6.73. The molecule has 18 nitrogen and oxygen atoms in total. The third-order valence-corrected chi connectivity index (χ3v) is 11.5. The predicted molar refractivity (Wildman–Crippen MR) is 227 cm³/mol. The van der Waals surface area contributed by atoms with Gasteiger partial charge in [0.15, 0.2) is 0 Å². The van der Waals surface area contributed by atoms with Gasteiger partial charge in [0.05, 0.1) is 6.61 Å². The van der Waals surface area contributed by atoms with Crippen molar-refractivity contribution in [3.63, 3.8) is 0 Å². The number of nitrogens with one attached hydrogen (secondary N) is 6. The van der Waals surface area contributed by atoms with Crippen molar-refractivity contribution in [3.05, 3.63) is 65.7 Å². The van der Waals surface area contributed by atoms with E-state index >= 15 is 0 Å². The molecule has 7 amide bonds. The lowest BCUT2D eigenvalue weighted by atomic mass is 9.99. The molecule has 0 spiro atoms. The molecule has 0 aliphatic carbocycles. The standard InChI is InChI=1S/C42H61N7O11S/c1-5-26(2)35(41(57)58)48-42(59)47-30-13-9-10-23-43-36(52)33(25-50)46-39(55)34(21-17-28-14-18-29(51)19-15-28)49(3)40(56)32(20-16-27-11-7-6-8-12-27)45-38(54)31(44-37(30)53)22-24-61(4)60/h6-8,11-12,14-15,18-19,26,30-35,50-51H,5,9-10,13,16-17,20-25H2,1-4H3,(H,43,52)(H,44,53)(H,45,54)(H,46,55)(H,57,58)(H2,47,48,59)/t26-,30+,31+,32-,33+,34-,35-,61+/m0/s1. The van der Waals surface area contributed by atoms with E-state index in [9.17, 15) is 53.1 Å². The fourth-order valence-electron chi connectivity index (χ4n) is 6.74. The van der Waals surface area contributed by atoms with E-state index in [1.165, 1.54) is 30.3 Å². The minimum Gasteiger partial charge on any atom is -0.508 e. The van der Waals surface area contributed by atoms with Crippen LogP contribution in [-0.4, -0.2) is 134 Å². The van der Waals surface area contributed by atoms with E-state index in [0.717, 1.165) is 11.1 Å². The number of hydrogen-bond acceptors (Lipinski definition) is 10. The third-order valence-electron chi connectivity index (χ3n) is 10.7. The Morgan fingerprint density at radius 2 is 1.46 bits per heavy atom. The van der Waals surface area contributed by atoms with E-state index in [2.05, 4.69) is 31.9 Å². The third kappa shape index (κ3) is 16.4. The minimum absolute atomic E-state index is 0.0140. The maximum Gasteiger partial charge on any atom is 0.326 e. The highest BCUT2D eigenvalue weighted by molar-refractivity contribution is 7.84. The number of benzene rings is 2. The number of amides is 7. The number of carbonyl (C=O) groups excluding carboxylic acids is 6. The molecule has 0 saturated carbocycles. The quantitative estimate of drug-likeness (QED) is 0.119. The lowest BCUT2D eigenvalue weighted by molar-refractivity contribution is -0.143. The van der Waals surface area contributed by atoms with Gasteiger partial charge in [0.2, 0.25) is 29.5 Å². The molecule has 9 N–H and O–H groups in total. The second-order valence-corrected chi connectivity index (χ2v) is 16.8. The number of phenolic OH excluding ortho intramolecular Hbond substituents is 1. The van der Waals surface area contributed by atoms with Gasteiger partial charge in [-0.25, -0.2) is 9.59 Å². The molecule has 0 aromatic heterocycles. The zero-order chi connectivity index (χ0) is 45.1. The van der Waals surface area contributed by atoms with Gasteiger partial charge in [0.1, 0.15) is 42.0 Å². The number of nitrogens with zero attached hydrogens (tertiary/aromatic N) is 1. The molecule has 8 atom stereocenters. The summed E-state index contributed by atoms with van der Waals surface area (Å²) in [5.74, 6) is -5.40. The highest BCUT2D eigenvalue weighted by atomic mass is 32.2. The van der Waals surface area contributed by atoms with Crippen LogP contribution in [0.2, 0.25) is 0 Å². The average Bonchev–Trinajstić information content (AvgIpc) is 3.23. The molecule has 1 fully saturated rings. The highest BCUT2D eigenvalue weighted by Crippen LogP contribution is 2.17. The summed E-state index contributed by atoms with van der Waals surface area (Å²) in [6.45, 7) is 2.69. The minimum atomic E-state index is -1.40. The Bertz CT molecular complexity index is 1820. The maximum absolute atomic E-state index is 14.5. The van der Waals surface area contributed by atoms with Gasteiger partial charge in [-0.15, -0.1) is 0 Å². The van der Waals surface area contributed by atoms with Crippen LogP contribution in [0.25, 0.3) is 0 Å². The topological polar surface area (TPSA) is 273 Å². The highest BCUT2D eigenvalue weighted by Gasteiger charge is 2.36. The zero-order valence-electron chi connectivity index (χ0n) is 35.2. The van der Waals surface area contributed by atoms with Gasteiger partial charge in [-0.2, -0.15) is 0 Å². The molecule has 1 saturated heterocycles. The Morgan fingerprint density at radius 1 is 0.836 bits per heavy atom. The SMILES string of the molecule is CC[C@H](C)[C@H](NC(=O)N[C@@H]1CCCCNC(=O)[C@@H](CO)NC(=O)[C@H](CCc2ccc(O)cc2)N(C)C(=O)[C@H](CCc2ccccc2)NC(=O)[C@@H](CC[S@@](C)=O)NC1=O)C(=O)O. The van der Waals surface area contributed by atoms with Crippen LogP contribution >= 0.6 is 0 Å². The molecule has 1 heterocycles. The van der Waals surface area contributed by atoms with Crippen molar-refractivity contribution in [1.29, 1.82) is 0 Å². The van der Waals surface area contributed by atoms with Gasteiger partial charge >= 0.3 is 12.0 Å². The summed E-state index contributed by atoms with van der Waals surface area (Å²) in [4.78, 5) is 96.2. The summed E-state index contributed by atoms with van der Waals surface area (Å²) in [6.07, 6.45) is 2.91. The molecule has 3 rings (SSSR count). The van der Waals surface area contributed by atoms with Crippen molar-refractivity contribution in [3.8, 4) is 5.75 Å². The number of aliphatic carboxylic acids is 1. The molecular weight excluding hydrogens is 811 g/mol. The van der Waals surface area contributed by atoms with Crippen LogP contribution in [0.15, 0.2) is 54.6 Å². The monoisotopic (exact) mass is 871 g/mol. The molecule has 0 radical (unpaired) electrons. The summed E-state index contributed by atoms with van der Waals surface area (Å²) >= 11 is 0. The molecule has 2 aromatic carbocycles. The molecule has 336 valence electrons. The second-order valence-electron chi connectivity index (χ2n) is 15.3. The van der Waals surface area contributed by atoms with Gasteiger partial charge < -0.3 is 52.1 Å². The van der Waals surface area contributed by atoms with E-state index in [4.69, 9.17) is 0 Å². The normalized spacial score (nSPS) is 22.7. The first kappa shape index (κ1) is 49.8. The number of carboxylic acids is 1. The largest absolute Gasteiger partial charge is 0.508 e. The summed E-state index contributed by atoms with van der Waals surface area (Å²) in [7, 11) is -0.0166. The van der Waals surface area contributed by atoms with Crippen molar-refractivity contribution >= 4 is 52.3 Å². The number of urea groups is 1. The number of aromatic hydroxyl groups is 1. The van der Waals surface area contributed by atoms with Crippen LogP contribution in [-0.2, 0) is 52.4 Å². The Kier molecular flexibility index (Phi) is 20.6. The molecule has 1 aliphatic rings. The van der Waals surface area contributed by atoms with Crippen LogP contribution < -0.4 is 31.9 Å². The molecule has 1 aliphatic heterocycles. The van der Waals surface area contributed by atoms with Gasteiger partial charge in [0, 0.05) is 36.4 Å². The fraction of sp³-hybridized carbons (Fsp3) is 0.548. The number of carbonyl (C=O) groups is 7. The molecule has 2 aromatic rings. The lowest BCUT2D eigenvalue weighted by Crippen LogP contribution is -2.60. The van der Waals surface area contributed by atoms with Crippen molar-refractivity contribution in [2.45, 2.75) is 108 Å². The smallest absolute Gasteiger partial charge is 0.326 e. The number of aliphatic hydroxyl groups is 1. The first-order chi connectivity index (χ1) is 29.0. The molecule has 19 heteroatoms. The predicted octanol–water partition coefficient (Wildman–Crippen LogP) is 0.467. The number of rotatable bonds is 15. The van der Waals surface area contributed by atoms with Crippen molar-refractivity contribution < 1.29 is 53.1 Å². The Balaban J connectivity index is 2.04. The van der Waals surface area contributed by atoms with Crippen LogP contribution in [0, 0.1) is 5.92 Å². The average molecular weight is 872 g/mol. The van der Waals surface area contributed by atoms with Gasteiger partial charge in [-0.1, -0.05) is 62.7 Å². The number of likely N-dealkylation sites (N-methyl/N-ethyl adjacent to an activating group) is 1. The molecular formula is C42H61N7O11S. The van der Waals surface area contributed by atoms with Crippen LogP contribution in [0.3, 0.4) is 0 Å². The van der Waals surface area contributed by atoms with Crippen LogP contribution in [0.4, 0.5) is 4.79 Å². The van der Waals surface area contributed by atoms with E-state index in [1.807, 2.05) is 30.3 Å². The van der Waals surface area contributed by atoms with Gasteiger partial charge in [0.25, 0.3) is 0 Å². The zero-order valence-corrected chi connectivity index (χ0v) is 36.0. The van der Waals surface area contributed by atoms with E-state index in [1.54, 1.807) is 26.0 Å². The summed E-state index contributed by atoms with van der Waals surface area (Å²) in [5.41, 5.74) is 1.58. The second kappa shape index (κ2) is 25.3. The number of hydrogen-bond donors (Lipinski definition) is 9. The van der Waals surface area contributed by atoms with Gasteiger partial charge in [-0.3, -0.25) is 28.2 Å². The molecule has 0 bridgehead atoms. The van der Waals surface area contributed by atoms with Crippen molar-refractivity contribution in [2.24, 2.45) is 5.92 Å². The number of phenols is 1. The van der Waals surface area contributed by atoms with Crippen LogP contribution in [0.1, 0.15) is 69.9 Å². The first-order valence-electron chi connectivity index (χ1n) is 20.5. The maximum atomic E-state index is 14.5. The summed E-state index contributed by atoms with van der Waals surface area (Å²) < 4.78 is 12.3.